The first-order valence-corrected chi connectivity index (χ1v) is 7.53. The Labute approximate surface area is 120 Å². The van der Waals surface area contributed by atoms with Gasteiger partial charge in [-0.05, 0) is 26.7 Å². The van der Waals surface area contributed by atoms with E-state index >= 15 is 0 Å². The van der Waals surface area contributed by atoms with Crippen LogP contribution in [0.2, 0.25) is 0 Å². The predicted octanol–water partition coefficient (Wildman–Crippen LogP) is 0.864. The van der Waals surface area contributed by atoms with Crippen LogP contribution in [0.25, 0.3) is 0 Å². The van der Waals surface area contributed by atoms with Gasteiger partial charge in [-0.25, -0.2) is 4.79 Å². The monoisotopic (exact) mass is 283 g/mol. The molecular formula is C14H25N3O3. The summed E-state index contributed by atoms with van der Waals surface area (Å²) in [5.41, 5.74) is 0. The lowest BCUT2D eigenvalue weighted by Gasteiger charge is -2.34. The Bertz CT molecular complexity index is 356. The minimum Gasteiger partial charge on any atom is -0.376 e. The Hall–Kier alpha value is -1.14. The molecular weight excluding hydrogens is 258 g/mol. The summed E-state index contributed by atoms with van der Waals surface area (Å²) in [4.78, 5) is 25.9. The number of nitrogens with zero attached hydrogens (tertiary/aromatic N) is 1. The van der Waals surface area contributed by atoms with Gasteiger partial charge in [-0.2, -0.15) is 0 Å². The summed E-state index contributed by atoms with van der Waals surface area (Å²) >= 11 is 0. The van der Waals surface area contributed by atoms with E-state index in [0.717, 1.165) is 38.8 Å². The van der Waals surface area contributed by atoms with Crippen LogP contribution < -0.4 is 10.6 Å². The molecule has 0 spiro atoms. The first kappa shape index (κ1) is 15.3. The van der Waals surface area contributed by atoms with E-state index < -0.39 is 0 Å². The summed E-state index contributed by atoms with van der Waals surface area (Å²) in [6, 6.07) is -0.452. The van der Waals surface area contributed by atoms with Gasteiger partial charge >= 0.3 is 6.03 Å². The number of hydrogen-bond donors (Lipinski definition) is 2. The van der Waals surface area contributed by atoms with E-state index in [1.54, 1.807) is 0 Å². The van der Waals surface area contributed by atoms with E-state index in [1.807, 2.05) is 18.7 Å². The number of nitrogens with one attached hydrogen (secondary N) is 2. The second-order valence-electron chi connectivity index (χ2n) is 5.80. The first-order valence-electron chi connectivity index (χ1n) is 7.53. The van der Waals surface area contributed by atoms with Gasteiger partial charge in [0.1, 0.15) is 0 Å². The van der Waals surface area contributed by atoms with Crippen LogP contribution in [0.15, 0.2) is 0 Å². The number of morpholine rings is 1. The highest BCUT2D eigenvalue weighted by Gasteiger charge is 2.27. The van der Waals surface area contributed by atoms with Gasteiger partial charge in [0, 0.05) is 19.1 Å². The Morgan fingerprint density at radius 2 is 2.00 bits per heavy atom. The van der Waals surface area contributed by atoms with Crippen LogP contribution >= 0.6 is 0 Å². The Morgan fingerprint density at radius 3 is 2.65 bits per heavy atom. The van der Waals surface area contributed by atoms with Gasteiger partial charge in [-0.15, -0.1) is 0 Å². The zero-order valence-electron chi connectivity index (χ0n) is 12.4. The number of rotatable bonds is 3. The van der Waals surface area contributed by atoms with Crippen molar-refractivity contribution in [3.63, 3.8) is 0 Å². The fourth-order valence-electron chi connectivity index (χ4n) is 2.87. The second-order valence-corrected chi connectivity index (χ2v) is 5.80. The summed E-state index contributed by atoms with van der Waals surface area (Å²) in [6.07, 6.45) is 4.46. The first-order chi connectivity index (χ1) is 9.56. The number of carbonyl (C=O) groups is 2. The van der Waals surface area contributed by atoms with Crippen molar-refractivity contribution in [2.45, 2.75) is 57.7 Å². The molecule has 1 aliphatic carbocycles. The largest absolute Gasteiger partial charge is 0.376 e. The van der Waals surface area contributed by atoms with Crippen molar-refractivity contribution in [2.75, 3.05) is 19.7 Å². The molecule has 2 N–H and O–H groups in total. The van der Waals surface area contributed by atoms with E-state index in [0.29, 0.717) is 6.61 Å². The number of imide groups is 1. The van der Waals surface area contributed by atoms with E-state index in [4.69, 9.17) is 4.74 Å². The molecule has 2 unspecified atom stereocenters. The maximum atomic E-state index is 12.1. The highest BCUT2D eigenvalue weighted by Crippen LogP contribution is 2.17. The number of urea groups is 1. The van der Waals surface area contributed by atoms with Gasteiger partial charge in [0.2, 0.25) is 5.91 Å². The fourth-order valence-corrected chi connectivity index (χ4v) is 2.87. The summed E-state index contributed by atoms with van der Waals surface area (Å²) in [5, 5.41) is 5.31. The molecule has 1 aliphatic heterocycles. The normalized spacial score (nSPS) is 26.2. The van der Waals surface area contributed by atoms with E-state index in [-0.39, 0.29) is 30.1 Å². The molecule has 3 amide bonds. The van der Waals surface area contributed by atoms with Crippen LogP contribution in [0.5, 0.6) is 0 Å². The highest BCUT2D eigenvalue weighted by atomic mass is 16.5. The lowest BCUT2D eigenvalue weighted by Crippen LogP contribution is -2.54. The third-order valence-electron chi connectivity index (χ3n) is 4.13. The molecule has 0 aromatic carbocycles. The molecule has 20 heavy (non-hydrogen) atoms. The Kier molecular flexibility index (Phi) is 5.37. The van der Waals surface area contributed by atoms with Crippen molar-refractivity contribution in [1.82, 2.24) is 15.5 Å². The quantitative estimate of drug-likeness (QED) is 0.806. The number of carbonyl (C=O) groups excluding carboxylic acids is 2. The second kappa shape index (κ2) is 7.04. The summed E-state index contributed by atoms with van der Waals surface area (Å²) in [6.45, 7) is 5.90. The van der Waals surface area contributed by atoms with Crippen LogP contribution in [0.1, 0.15) is 39.5 Å². The smallest absolute Gasteiger partial charge is 0.321 e. The molecule has 0 bridgehead atoms. The molecule has 1 saturated heterocycles. The minimum absolute atomic E-state index is 0.131. The molecule has 2 aliphatic rings. The van der Waals surface area contributed by atoms with Gasteiger partial charge in [-0.3, -0.25) is 15.0 Å². The van der Waals surface area contributed by atoms with E-state index in [1.165, 1.54) is 0 Å². The number of hydrogen-bond acceptors (Lipinski definition) is 4. The Balaban J connectivity index is 1.76. The maximum absolute atomic E-state index is 12.1. The third-order valence-corrected chi connectivity index (χ3v) is 4.13. The molecule has 6 nitrogen and oxygen atoms in total. The number of ether oxygens (including phenoxy) is 1. The van der Waals surface area contributed by atoms with Crippen molar-refractivity contribution in [2.24, 2.45) is 0 Å². The zero-order chi connectivity index (χ0) is 14.5. The lowest BCUT2D eigenvalue weighted by atomic mass is 10.2. The molecule has 2 rings (SSSR count). The SMILES string of the molecule is CC1CN(C(C)C(=O)NC(=O)NC2CCCC2)CCO1. The van der Waals surface area contributed by atoms with Gasteiger partial charge in [0.15, 0.2) is 0 Å². The molecule has 0 aromatic heterocycles. The summed E-state index contributed by atoms with van der Waals surface area (Å²) in [7, 11) is 0. The van der Waals surface area contributed by atoms with Crippen LogP contribution in [0, 0.1) is 0 Å². The minimum atomic E-state index is -0.366. The summed E-state index contributed by atoms with van der Waals surface area (Å²) in [5.74, 6) is -0.241. The van der Waals surface area contributed by atoms with Crippen molar-refractivity contribution in [1.29, 1.82) is 0 Å². The van der Waals surface area contributed by atoms with Crippen molar-refractivity contribution in [3.05, 3.63) is 0 Å². The van der Waals surface area contributed by atoms with E-state index in [2.05, 4.69) is 10.6 Å². The number of amides is 3. The van der Waals surface area contributed by atoms with Gasteiger partial charge < -0.3 is 10.1 Å². The predicted molar refractivity (Wildman–Crippen MR) is 75.4 cm³/mol. The molecule has 1 heterocycles. The van der Waals surface area contributed by atoms with Gasteiger partial charge in [0.05, 0.1) is 18.8 Å². The molecule has 6 heteroatoms. The van der Waals surface area contributed by atoms with Crippen LogP contribution in [-0.4, -0.2) is 54.7 Å². The molecule has 2 fully saturated rings. The molecule has 2 atom stereocenters. The van der Waals surface area contributed by atoms with Gasteiger partial charge in [-0.1, -0.05) is 12.8 Å². The fraction of sp³-hybridized carbons (Fsp3) is 0.857. The highest BCUT2D eigenvalue weighted by molar-refractivity contribution is 5.96. The molecule has 1 saturated carbocycles. The topological polar surface area (TPSA) is 70.7 Å². The molecule has 0 aromatic rings. The third kappa shape index (κ3) is 4.18. The Morgan fingerprint density at radius 1 is 1.30 bits per heavy atom. The molecule has 114 valence electrons. The van der Waals surface area contributed by atoms with Crippen LogP contribution in [0.3, 0.4) is 0 Å². The van der Waals surface area contributed by atoms with Gasteiger partial charge in [0.25, 0.3) is 0 Å². The van der Waals surface area contributed by atoms with Crippen molar-refractivity contribution >= 4 is 11.9 Å². The lowest BCUT2D eigenvalue weighted by molar-refractivity contribution is -0.127. The molecule has 0 radical (unpaired) electrons. The van der Waals surface area contributed by atoms with Crippen molar-refractivity contribution in [3.8, 4) is 0 Å². The van der Waals surface area contributed by atoms with Crippen molar-refractivity contribution < 1.29 is 14.3 Å². The average molecular weight is 283 g/mol. The summed E-state index contributed by atoms with van der Waals surface area (Å²) < 4.78 is 5.46. The standard InChI is InChI=1S/C14H25N3O3/c1-10-9-17(7-8-20-10)11(2)13(18)16-14(19)15-12-5-3-4-6-12/h10-12H,3-9H2,1-2H3,(H2,15,16,18,19). The average Bonchev–Trinajstić information content (AvgIpc) is 2.90. The zero-order valence-corrected chi connectivity index (χ0v) is 12.4. The maximum Gasteiger partial charge on any atom is 0.321 e. The van der Waals surface area contributed by atoms with Crippen LogP contribution in [0.4, 0.5) is 4.79 Å². The van der Waals surface area contributed by atoms with E-state index in [9.17, 15) is 9.59 Å². The van der Waals surface area contributed by atoms with Crippen LogP contribution in [-0.2, 0) is 9.53 Å².